The van der Waals surface area contributed by atoms with Gasteiger partial charge in [0.2, 0.25) is 0 Å². The quantitative estimate of drug-likeness (QED) is 0.701. The molecule has 0 radical (unpaired) electrons. The third kappa shape index (κ3) is 2.28. The highest BCUT2D eigenvalue weighted by molar-refractivity contribution is 5.80. The Bertz CT molecular complexity index is 348. The lowest BCUT2D eigenvalue weighted by atomic mass is 10.1. The summed E-state index contributed by atoms with van der Waals surface area (Å²) >= 11 is 0. The molecule has 4 heteroatoms. The van der Waals surface area contributed by atoms with Gasteiger partial charge in [0.05, 0.1) is 5.56 Å². The van der Waals surface area contributed by atoms with E-state index in [1.165, 1.54) is 6.07 Å². The first-order valence-corrected chi connectivity index (χ1v) is 4.06. The summed E-state index contributed by atoms with van der Waals surface area (Å²) in [5, 5.41) is 0. The van der Waals surface area contributed by atoms with E-state index in [-0.39, 0.29) is 11.3 Å². The maximum absolute atomic E-state index is 12.0. The van der Waals surface area contributed by atoms with Crippen molar-refractivity contribution < 1.29 is 18.3 Å². The van der Waals surface area contributed by atoms with E-state index in [0.717, 1.165) is 5.56 Å². The molecule has 0 spiro atoms. The van der Waals surface area contributed by atoms with E-state index in [4.69, 9.17) is 0 Å². The van der Waals surface area contributed by atoms with E-state index < -0.39 is 6.61 Å². The molecule has 0 saturated carbocycles. The van der Waals surface area contributed by atoms with Gasteiger partial charge in [-0.2, -0.15) is 8.78 Å². The van der Waals surface area contributed by atoms with Crippen LogP contribution in [0.5, 0.6) is 5.75 Å². The SMILES string of the molecule is Cc1cc(C)c(OC(F)F)c(C=O)c1. The van der Waals surface area contributed by atoms with Crippen LogP contribution in [0.25, 0.3) is 0 Å². The zero-order chi connectivity index (χ0) is 10.7. The van der Waals surface area contributed by atoms with Gasteiger partial charge in [-0.15, -0.1) is 0 Å². The molecule has 1 rings (SSSR count). The lowest BCUT2D eigenvalue weighted by Crippen LogP contribution is -2.06. The first-order valence-electron chi connectivity index (χ1n) is 4.06. The first kappa shape index (κ1) is 10.6. The molecule has 0 N–H and O–H groups in total. The first-order chi connectivity index (χ1) is 6.54. The second-order valence-electron chi connectivity index (χ2n) is 3.00. The van der Waals surface area contributed by atoms with Crippen LogP contribution in [-0.2, 0) is 0 Å². The molecule has 0 unspecified atom stereocenters. The van der Waals surface area contributed by atoms with Gasteiger partial charge in [-0.1, -0.05) is 6.07 Å². The van der Waals surface area contributed by atoms with Crippen LogP contribution in [0, 0.1) is 13.8 Å². The van der Waals surface area contributed by atoms with Crippen molar-refractivity contribution >= 4 is 6.29 Å². The minimum atomic E-state index is -2.91. The van der Waals surface area contributed by atoms with Crippen LogP contribution < -0.4 is 4.74 Å². The predicted molar refractivity (Wildman–Crippen MR) is 47.9 cm³/mol. The molecule has 0 heterocycles. The van der Waals surface area contributed by atoms with Crippen LogP contribution in [0.2, 0.25) is 0 Å². The van der Waals surface area contributed by atoms with Gasteiger partial charge in [0, 0.05) is 0 Å². The average Bonchev–Trinajstić information content (AvgIpc) is 2.08. The number of hydrogen-bond acceptors (Lipinski definition) is 2. The van der Waals surface area contributed by atoms with Crippen LogP contribution in [0.3, 0.4) is 0 Å². The third-order valence-corrected chi connectivity index (χ3v) is 1.78. The van der Waals surface area contributed by atoms with Gasteiger partial charge in [-0.25, -0.2) is 0 Å². The van der Waals surface area contributed by atoms with E-state index in [0.29, 0.717) is 11.8 Å². The van der Waals surface area contributed by atoms with Gasteiger partial charge >= 0.3 is 6.61 Å². The second-order valence-corrected chi connectivity index (χ2v) is 3.00. The summed E-state index contributed by atoms with van der Waals surface area (Å²) < 4.78 is 28.2. The van der Waals surface area contributed by atoms with E-state index in [9.17, 15) is 13.6 Å². The van der Waals surface area contributed by atoms with Gasteiger partial charge < -0.3 is 4.74 Å². The van der Waals surface area contributed by atoms with Crippen molar-refractivity contribution in [2.75, 3.05) is 0 Å². The Labute approximate surface area is 80.5 Å². The molecule has 0 atom stereocenters. The zero-order valence-corrected chi connectivity index (χ0v) is 7.88. The molecular weight excluding hydrogens is 190 g/mol. The summed E-state index contributed by atoms with van der Waals surface area (Å²) in [6.45, 7) is 0.499. The number of carbonyl (C=O) groups is 1. The van der Waals surface area contributed by atoms with E-state index in [1.54, 1.807) is 19.9 Å². The number of carbonyl (C=O) groups excluding carboxylic acids is 1. The minimum absolute atomic E-state index is 0.0411. The van der Waals surface area contributed by atoms with Gasteiger partial charge in [-0.3, -0.25) is 4.79 Å². The highest BCUT2D eigenvalue weighted by atomic mass is 19.3. The van der Waals surface area contributed by atoms with Crippen molar-refractivity contribution in [3.05, 3.63) is 28.8 Å². The van der Waals surface area contributed by atoms with Gasteiger partial charge in [-0.05, 0) is 31.0 Å². The van der Waals surface area contributed by atoms with Crippen molar-refractivity contribution in [1.82, 2.24) is 0 Å². The van der Waals surface area contributed by atoms with E-state index in [2.05, 4.69) is 4.74 Å². The van der Waals surface area contributed by atoms with Crippen molar-refractivity contribution in [1.29, 1.82) is 0 Å². The van der Waals surface area contributed by atoms with Crippen LogP contribution in [0.1, 0.15) is 21.5 Å². The number of aldehydes is 1. The molecule has 0 bridgehead atoms. The van der Waals surface area contributed by atoms with Gasteiger partial charge in [0.15, 0.2) is 6.29 Å². The monoisotopic (exact) mass is 200 g/mol. The Morgan fingerprint density at radius 2 is 2.00 bits per heavy atom. The summed E-state index contributed by atoms with van der Waals surface area (Å²) in [5.74, 6) is -0.0411. The topological polar surface area (TPSA) is 26.3 Å². The molecule has 0 fully saturated rings. The standard InChI is InChI=1S/C10H10F2O2/c1-6-3-7(2)9(14-10(11)12)8(4-6)5-13/h3-5,10H,1-2H3. The van der Waals surface area contributed by atoms with Crippen LogP contribution in [0.15, 0.2) is 12.1 Å². The maximum Gasteiger partial charge on any atom is 0.387 e. The Balaban J connectivity index is 3.18. The Morgan fingerprint density at radius 3 is 2.50 bits per heavy atom. The van der Waals surface area contributed by atoms with Crippen LogP contribution in [0.4, 0.5) is 8.78 Å². The summed E-state index contributed by atoms with van der Waals surface area (Å²) in [4.78, 5) is 10.6. The number of hydrogen-bond donors (Lipinski definition) is 0. The number of rotatable bonds is 3. The Morgan fingerprint density at radius 1 is 1.36 bits per heavy atom. The molecule has 76 valence electrons. The molecule has 0 aliphatic carbocycles. The molecule has 2 nitrogen and oxygen atoms in total. The van der Waals surface area contributed by atoms with Crippen molar-refractivity contribution in [2.24, 2.45) is 0 Å². The molecule has 14 heavy (non-hydrogen) atoms. The predicted octanol–water partition coefficient (Wildman–Crippen LogP) is 2.72. The number of aryl methyl sites for hydroxylation is 2. The number of ether oxygens (including phenoxy) is 1. The minimum Gasteiger partial charge on any atom is -0.434 e. The molecule has 1 aromatic carbocycles. The lowest BCUT2D eigenvalue weighted by Gasteiger charge is -2.10. The fourth-order valence-corrected chi connectivity index (χ4v) is 1.32. The zero-order valence-electron chi connectivity index (χ0n) is 7.88. The third-order valence-electron chi connectivity index (χ3n) is 1.78. The van der Waals surface area contributed by atoms with E-state index >= 15 is 0 Å². The molecule has 0 saturated heterocycles. The fourth-order valence-electron chi connectivity index (χ4n) is 1.32. The summed E-state index contributed by atoms with van der Waals surface area (Å²) in [7, 11) is 0. The summed E-state index contributed by atoms with van der Waals surface area (Å²) in [6.07, 6.45) is 0.512. The van der Waals surface area contributed by atoms with Gasteiger partial charge in [0.1, 0.15) is 5.75 Å². The Hall–Kier alpha value is -1.45. The molecule has 1 aromatic rings. The average molecular weight is 200 g/mol. The summed E-state index contributed by atoms with van der Waals surface area (Å²) in [5.41, 5.74) is 1.53. The number of benzene rings is 1. The highest BCUT2D eigenvalue weighted by Gasteiger charge is 2.12. The van der Waals surface area contributed by atoms with Crippen LogP contribution in [-0.4, -0.2) is 12.9 Å². The number of halogens is 2. The molecular formula is C10H10F2O2. The molecule has 0 amide bonds. The lowest BCUT2D eigenvalue weighted by molar-refractivity contribution is -0.0505. The van der Waals surface area contributed by atoms with Crippen molar-refractivity contribution in [3.8, 4) is 5.75 Å². The maximum atomic E-state index is 12.0. The normalized spacial score (nSPS) is 10.4. The molecule has 0 aliphatic rings. The van der Waals surface area contributed by atoms with Crippen LogP contribution >= 0.6 is 0 Å². The second kappa shape index (κ2) is 4.17. The highest BCUT2D eigenvalue weighted by Crippen LogP contribution is 2.25. The Kier molecular flexibility index (Phi) is 3.17. The van der Waals surface area contributed by atoms with Crippen molar-refractivity contribution in [3.63, 3.8) is 0 Å². The number of alkyl halides is 2. The van der Waals surface area contributed by atoms with Gasteiger partial charge in [0.25, 0.3) is 0 Å². The fraction of sp³-hybridized carbons (Fsp3) is 0.300. The largest absolute Gasteiger partial charge is 0.434 e. The van der Waals surface area contributed by atoms with E-state index in [1.807, 2.05) is 0 Å². The van der Waals surface area contributed by atoms with Crippen molar-refractivity contribution in [2.45, 2.75) is 20.5 Å². The summed E-state index contributed by atoms with van der Waals surface area (Å²) in [6, 6.07) is 3.20. The smallest absolute Gasteiger partial charge is 0.387 e. The molecule has 0 aromatic heterocycles. The molecule has 0 aliphatic heterocycles.